The van der Waals surface area contributed by atoms with Crippen LogP contribution >= 0.6 is 11.8 Å². The molecular weight excluding hydrogens is 220 g/mol. The van der Waals surface area contributed by atoms with E-state index in [1.807, 2.05) is 24.3 Å². The van der Waals surface area contributed by atoms with Gasteiger partial charge in [-0.3, -0.25) is 4.79 Å². The van der Waals surface area contributed by atoms with Crippen LogP contribution in [0.1, 0.15) is 32.3 Å². The molecule has 2 rings (SSSR count). The van der Waals surface area contributed by atoms with E-state index < -0.39 is 11.4 Å². The molecule has 1 aliphatic rings. The highest BCUT2D eigenvalue weighted by molar-refractivity contribution is 7.99. The van der Waals surface area contributed by atoms with Crippen molar-refractivity contribution < 1.29 is 9.90 Å². The second kappa shape index (κ2) is 4.13. The van der Waals surface area contributed by atoms with E-state index in [1.165, 1.54) is 4.90 Å². The third-order valence-electron chi connectivity index (χ3n) is 2.94. The topological polar surface area (TPSA) is 37.3 Å². The Hall–Kier alpha value is -0.960. The van der Waals surface area contributed by atoms with Gasteiger partial charge in [-0.25, -0.2) is 0 Å². The molecule has 0 spiro atoms. The summed E-state index contributed by atoms with van der Waals surface area (Å²) in [6.45, 7) is 4.30. The number of hydrogen-bond donors (Lipinski definition) is 1. The summed E-state index contributed by atoms with van der Waals surface area (Å²) in [6, 6.07) is 7.99. The number of hydrogen-bond acceptors (Lipinski definition) is 2. The van der Waals surface area contributed by atoms with Crippen LogP contribution in [0.5, 0.6) is 0 Å². The predicted molar refractivity (Wildman–Crippen MR) is 66.0 cm³/mol. The van der Waals surface area contributed by atoms with Gasteiger partial charge in [-0.2, -0.15) is 0 Å². The molecule has 1 N–H and O–H groups in total. The molecule has 1 aromatic rings. The van der Waals surface area contributed by atoms with Gasteiger partial charge in [0.25, 0.3) is 0 Å². The molecule has 0 atom stereocenters. The first-order valence-electron chi connectivity index (χ1n) is 5.55. The number of benzene rings is 1. The molecule has 0 aliphatic heterocycles. The molecule has 1 fully saturated rings. The highest BCUT2D eigenvalue weighted by Crippen LogP contribution is 2.48. The van der Waals surface area contributed by atoms with Gasteiger partial charge in [-0.05, 0) is 30.5 Å². The number of rotatable bonds is 4. The smallest absolute Gasteiger partial charge is 0.314 e. The van der Waals surface area contributed by atoms with Crippen molar-refractivity contribution in [2.24, 2.45) is 0 Å². The van der Waals surface area contributed by atoms with Crippen LogP contribution in [0.3, 0.4) is 0 Å². The number of carboxylic acid groups (broad SMARTS) is 1. The van der Waals surface area contributed by atoms with Crippen molar-refractivity contribution in [2.75, 3.05) is 0 Å². The first-order valence-corrected chi connectivity index (χ1v) is 6.43. The number of carbonyl (C=O) groups is 1. The van der Waals surface area contributed by atoms with Crippen LogP contribution in [0.4, 0.5) is 0 Å². The van der Waals surface area contributed by atoms with Gasteiger partial charge >= 0.3 is 5.97 Å². The first kappa shape index (κ1) is 11.5. The highest BCUT2D eigenvalue weighted by Gasteiger charge is 2.51. The van der Waals surface area contributed by atoms with Gasteiger partial charge in [0.1, 0.15) is 0 Å². The fourth-order valence-electron chi connectivity index (χ4n) is 1.88. The fraction of sp³-hybridized carbons (Fsp3) is 0.462. The van der Waals surface area contributed by atoms with Crippen LogP contribution in [-0.2, 0) is 10.2 Å². The molecule has 0 heterocycles. The van der Waals surface area contributed by atoms with Crippen LogP contribution < -0.4 is 0 Å². The molecule has 1 aromatic carbocycles. The zero-order valence-electron chi connectivity index (χ0n) is 9.56. The minimum atomic E-state index is -0.684. The maximum atomic E-state index is 11.1. The monoisotopic (exact) mass is 236 g/mol. The van der Waals surface area contributed by atoms with Crippen LogP contribution in [0.25, 0.3) is 0 Å². The van der Waals surface area contributed by atoms with Gasteiger partial charge in [-0.1, -0.05) is 26.0 Å². The van der Waals surface area contributed by atoms with E-state index in [1.54, 1.807) is 11.8 Å². The Labute approximate surface area is 100 Å². The molecule has 0 amide bonds. The molecule has 0 unspecified atom stereocenters. The second-order valence-corrected chi connectivity index (χ2v) is 6.23. The van der Waals surface area contributed by atoms with E-state index in [4.69, 9.17) is 5.11 Å². The van der Waals surface area contributed by atoms with Gasteiger partial charge in [0.05, 0.1) is 5.41 Å². The molecule has 0 saturated heterocycles. The van der Waals surface area contributed by atoms with E-state index >= 15 is 0 Å². The lowest BCUT2D eigenvalue weighted by Crippen LogP contribution is -2.19. The Morgan fingerprint density at radius 3 is 2.25 bits per heavy atom. The maximum absolute atomic E-state index is 11.1. The van der Waals surface area contributed by atoms with Crippen LogP contribution in [0.2, 0.25) is 0 Å². The Morgan fingerprint density at radius 2 is 1.88 bits per heavy atom. The lowest BCUT2D eigenvalue weighted by Gasteiger charge is -2.11. The number of aliphatic carboxylic acids is 1. The molecule has 0 radical (unpaired) electrons. The van der Waals surface area contributed by atoms with Crippen molar-refractivity contribution >= 4 is 17.7 Å². The standard InChI is InChI=1S/C13H16O2S/c1-9(2)16-11-5-3-10(4-6-11)13(7-8-13)12(14)15/h3-6,9H,7-8H2,1-2H3,(H,14,15). The second-order valence-electron chi connectivity index (χ2n) is 4.58. The molecule has 86 valence electrons. The molecule has 0 bridgehead atoms. The van der Waals surface area contributed by atoms with Gasteiger partial charge in [-0.15, -0.1) is 11.8 Å². The Bertz CT molecular complexity index is 391. The van der Waals surface area contributed by atoms with E-state index in [0.29, 0.717) is 5.25 Å². The Kier molecular flexibility index (Phi) is 2.98. The average molecular weight is 236 g/mol. The van der Waals surface area contributed by atoms with Crippen molar-refractivity contribution in [3.05, 3.63) is 29.8 Å². The zero-order valence-corrected chi connectivity index (χ0v) is 10.4. The SMILES string of the molecule is CC(C)Sc1ccc(C2(C(=O)O)CC2)cc1. The van der Waals surface area contributed by atoms with Gasteiger partial charge in [0, 0.05) is 10.1 Å². The highest BCUT2D eigenvalue weighted by atomic mass is 32.2. The number of carboxylic acids is 1. The molecule has 1 saturated carbocycles. The summed E-state index contributed by atoms with van der Waals surface area (Å²) in [5, 5.41) is 9.72. The van der Waals surface area contributed by atoms with Crippen molar-refractivity contribution in [3.8, 4) is 0 Å². The quantitative estimate of drug-likeness (QED) is 0.815. The van der Waals surface area contributed by atoms with Crippen molar-refractivity contribution in [1.82, 2.24) is 0 Å². The van der Waals surface area contributed by atoms with Crippen LogP contribution in [-0.4, -0.2) is 16.3 Å². The Morgan fingerprint density at radius 1 is 1.31 bits per heavy atom. The lowest BCUT2D eigenvalue weighted by molar-refractivity contribution is -0.140. The molecule has 0 aromatic heterocycles. The molecule has 3 heteroatoms. The van der Waals surface area contributed by atoms with E-state index in [-0.39, 0.29) is 0 Å². The summed E-state index contributed by atoms with van der Waals surface area (Å²) in [4.78, 5) is 12.3. The molecule has 1 aliphatic carbocycles. The minimum Gasteiger partial charge on any atom is -0.481 e. The van der Waals surface area contributed by atoms with Crippen molar-refractivity contribution in [1.29, 1.82) is 0 Å². The van der Waals surface area contributed by atoms with E-state index in [0.717, 1.165) is 18.4 Å². The summed E-state index contributed by atoms with van der Waals surface area (Å²) < 4.78 is 0. The Balaban J connectivity index is 2.17. The normalized spacial score (nSPS) is 17.4. The number of thioether (sulfide) groups is 1. The third kappa shape index (κ3) is 2.09. The minimum absolute atomic E-state index is 0.556. The fourth-order valence-corrected chi connectivity index (χ4v) is 2.71. The summed E-state index contributed by atoms with van der Waals surface area (Å²) >= 11 is 1.80. The van der Waals surface area contributed by atoms with E-state index in [2.05, 4.69) is 13.8 Å². The van der Waals surface area contributed by atoms with Gasteiger partial charge in [0.15, 0.2) is 0 Å². The first-order chi connectivity index (χ1) is 7.54. The largest absolute Gasteiger partial charge is 0.481 e. The lowest BCUT2D eigenvalue weighted by atomic mass is 9.96. The van der Waals surface area contributed by atoms with Crippen molar-refractivity contribution in [2.45, 2.75) is 42.2 Å². The summed E-state index contributed by atoms with van der Waals surface area (Å²) in [6.07, 6.45) is 1.55. The third-order valence-corrected chi connectivity index (χ3v) is 3.95. The van der Waals surface area contributed by atoms with Gasteiger partial charge < -0.3 is 5.11 Å². The summed E-state index contributed by atoms with van der Waals surface area (Å²) in [7, 11) is 0. The average Bonchev–Trinajstić information content (AvgIpc) is 2.98. The molecule has 2 nitrogen and oxygen atoms in total. The van der Waals surface area contributed by atoms with Gasteiger partial charge in [0.2, 0.25) is 0 Å². The van der Waals surface area contributed by atoms with E-state index in [9.17, 15) is 4.79 Å². The van der Waals surface area contributed by atoms with Crippen LogP contribution in [0, 0.1) is 0 Å². The molecule has 16 heavy (non-hydrogen) atoms. The maximum Gasteiger partial charge on any atom is 0.314 e. The van der Waals surface area contributed by atoms with Crippen molar-refractivity contribution in [3.63, 3.8) is 0 Å². The van der Waals surface area contributed by atoms with Crippen LogP contribution in [0.15, 0.2) is 29.2 Å². The summed E-state index contributed by atoms with van der Waals surface area (Å²) in [5.41, 5.74) is 0.384. The molecular formula is C13H16O2S. The zero-order chi connectivity index (χ0) is 11.8. The summed E-state index contributed by atoms with van der Waals surface area (Å²) in [5.74, 6) is -0.684. The predicted octanol–water partition coefficient (Wildman–Crippen LogP) is 3.30.